The van der Waals surface area contributed by atoms with Gasteiger partial charge in [-0.1, -0.05) is 23.7 Å². The predicted octanol–water partition coefficient (Wildman–Crippen LogP) is 4.33. The van der Waals surface area contributed by atoms with Crippen molar-refractivity contribution in [3.63, 3.8) is 0 Å². The lowest BCUT2D eigenvalue weighted by molar-refractivity contribution is 0.0958. The van der Waals surface area contributed by atoms with E-state index < -0.39 is 5.82 Å². The molecule has 0 bridgehead atoms. The van der Waals surface area contributed by atoms with Gasteiger partial charge in [-0.05, 0) is 35.4 Å². The van der Waals surface area contributed by atoms with E-state index in [0.29, 0.717) is 21.9 Å². The summed E-state index contributed by atoms with van der Waals surface area (Å²) >= 11 is 7.46. The van der Waals surface area contributed by atoms with E-state index >= 15 is 0 Å². The molecule has 0 atom stereocenters. The number of halogens is 2. The zero-order valence-electron chi connectivity index (χ0n) is 15.6. The fourth-order valence-corrected chi connectivity index (χ4v) is 3.92. The van der Waals surface area contributed by atoms with Crippen LogP contribution in [0.25, 0.3) is 11.1 Å². The van der Waals surface area contributed by atoms with Gasteiger partial charge in [-0.3, -0.25) is 9.78 Å². The molecule has 0 radical (unpaired) electrons. The van der Waals surface area contributed by atoms with E-state index in [1.807, 2.05) is 6.07 Å². The number of thioether (sulfide) groups is 1. The average molecular weight is 438 g/mol. The van der Waals surface area contributed by atoms with Crippen molar-refractivity contribution in [3.05, 3.63) is 75.9 Å². The Hall–Kier alpha value is -3.46. The van der Waals surface area contributed by atoms with E-state index in [0.717, 1.165) is 5.56 Å². The van der Waals surface area contributed by atoms with Crippen LogP contribution in [0, 0.1) is 28.5 Å². The zero-order chi connectivity index (χ0) is 21.7. The van der Waals surface area contributed by atoms with Gasteiger partial charge >= 0.3 is 0 Å². The molecule has 30 heavy (non-hydrogen) atoms. The molecule has 1 N–H and O–H groups in total. The van der Waals surface area contributed by atoms with E-state index in [1.165, 1.54) is 49.3 Å². The second kappa shape index (κ2) is 9.36. The summed E-state index contributed by atoms with van der Waals surface area (Å²) in [5.41, 5.74) is 2.09. The molecule has 1 amide bonds. The molecule has 2 aromatic heterocycles. The van der Waals surface area contributed by atoms with Gasteiger partial charge in [-0.25, -0.2) is 9.37 Å². The molecule has 9 heteroatoms. The lowest BCUT2D eigenvalue weighted by Gasteiger charge is -2.12. The summed E-state index contributed by atoms with van der Waals surface area (Å²) in [7, 11) is 1.52. The number of carbonyl (C=O) groups is 1. The number of nitrogens with one attached hydrogen (secondary N) is 1. The van der Waals surface area contributed by atoms with Gasteiger partial charge in [-0.2, -0.15) is 10.5 Å². The van der Waals surface area contributed by atoms with E-state index in [-0.39, 0.29) is 27.9 Å². The third-order valence-corrected chi connectivity index (χ3v) is 5.46. The molecular formula is C21H13ClFN5OS. The van der Waals surface area contributed by atoms with Crippen molar-refractivity contribution in [2.45, 2.75) is 10.8 Å². The lowest BCUT2D eigenvalue weighted by Crippen LogP contribution is -2.19. The molecule has 148 valence electrons. The van der Waals surface area contributed by atoms with Crippen molar-refractivity contribution in [1.29, 1.82) is 10.5 Å². The number of rotatable bonds is 5. The predicted molar refractivity (Wildman–Crippen MR) is 111 cm³/mol. The van der Waals surface area contributed by atoms with Crippen molar-refractivity contribution in [3.8, 4) is 23.3 Å². The third kappa shape index (κ3) is 4.41. The quantitative estimate of drug-likeness (QED) is 0.470. The van der Waals surface area contributed by atoms with Crippen LogP contribution in [0.5, 0.6) is 0 Å². The van der Waals surface area contributed by atoms with Gasteiger partial charge in [0.25, 0.3) is 5.91 Å². The SMILES string of the molecule is CNC(=O)c1cc(CSc2nc(Cl)c(C#N)c(-c3ccc(F)cc3)c2C#N)ccn1. The van der Waals surface area contributed by atoms with Gasteiger partial charge in [0.15, 0.2) is 0 Å². The van der Waals surface area contributed by atoms with E-state index in [1.54, 1.807) is 12.1 Å². The molecule has 0 aliphatic carbocycles. The Bertz CT molecular complexity index is 1200. The average Bonchev–Trinajstić information content (AvgIpc) is 2.77. The first kappa shape index (κ1) is 21.3. The normalized spacial score (nSPS) is 10.2. The molecule has 1 aromatic carbocycles. The van der Waals surface area contributed by atoms with Crippen molar-refractivity contribution < 1.29 is 9.18 Å². The van der Waals surface area contributed by atoms with E-state index in [9.17, 15) is 19.7 Å². The Balaban J connectivity index is 2.02. The number of hydrogen-bond donors (Lipinski definition) is 1. The summed E-state index contributed by atoms with van der Waals surface area (Å²) in [6.07, 6.45) is 1.52. The molecule has 2 heterocycles. The topological polar surface area (TPSA) is 102 Å². The first-order valence-electron chi connectivity index (χ1n) is 8.58. The smallest absolute Gasteiger partial charge is 0.269 e. The van der Waals surface area contributed by atoms with Crippen LogP contribution in [0.2, 0.25) is 5.15 Å². The highest BCUT2D eigenvalue weighted by molar-refractivity contribution is 7.98. The second-order valence-electron chi connectivity index (χ2n) is 5.98. The molecular weight excluding hydrogens is 425 g/mol. The Labute approximate surface area is 181 Å². The molecule has 3 rings (SSSR count). The first-order chi connectivity index (χ1) is 14.5. The summed E-state index contributed by atoms with van der Waals surface area (Å²) in [5, 5.41) is 22.1. The van der Waals surface area contributed by atoms with Crippen LogP contribution in [0.4, 0.5) is 4.39 Å². The van der Waals surface area contributed by atoms with Crippen LogP contribution in [0.15, 0.2) is 47.6 Å². The fraction of sp³-hybridized carbons (Fsp3) is 0.0952. The van der Waals surface area contributed by atoms with Crippen molar-refractivity contribution in [2.75, 3.05) is 7.05 Å². The molecule has 6 nitrogen and oxygen atoms in total. The molecule has 0 unspecified atom stereocenters. The molecule has 0 fully saturated rings. The molecule has 0 saturated carbocycles. The van der Waals surface area contributed by atoms with Crippen molar-refractivity contribution in [2.24, 2.45) is 0 Å². The highest BCUT2D eigenvalue weighted by atomic mass is 35.5. The standard InChI is InChI=1S/C21H13ClFN5OS/c1-26-20(29)17-8-12(6-7-27-17)11-30-21-16(10-25)18(15(9-24)19(22)28-21)13-2-4-14(23)5-3-13/h2-8H,11H2,1H3,(H,26,29). The minimum atomic E-state index is -0.435. The number of hydrogen-bond acceptors (Lipinski definition) is 6. The highest BCUT2D eigenvalue weighted by Gasteiger charge is 2.21. The number of pyridine rings is 2. The fourth-order valence-electron chi connectivity index (χ4n) is 2.72. The van der Waals surface area contributed by atoms with E-state index in [4.69, 9.17) is 11.6 Å². The van der Waals surface area contributed by atoms with Crippen molar-refractivity contribution in [1.82, 2.24) is 15.3 Å². The Morgan fingerprint density at radius 1 is 1.20 bits per heavy atom. The maximum absolute atomic E-state index is 13.3. The number of nitriles is 2. The van der Waals surface area contributed by atoms with Crippen LogP contribution >= 0.6 is 23.4 Å². The minimum Gasteiger partial charge on any atom is -0.354 e. The zero-order valence-corrected chi connectivity index (χ0v) is 17.2. The maximum Gasteiger partial charge on any atom is 0.269 e. The summed E-state index contributed by atoms with van der Waals surface area (Å²) in [6.45, 7) is 0. The maximum atomic E-state index is 13.3. The van der Waals surface area contributed by atoms with E-state index in [2.05, 4.69) is 21.4 Å². The van der Waals surface area contributed by atoms with Gasteiger partial charge in [0.2, 0.25) is 0 Å². The Kier molecular flexibility index (Phi) is 6.63. The molecule has 3 aromatic rings. The number of amides is 1. The lowest BCUT2D eigenvalue weighted by atomic mass is 9.97. The van der Waals surface area contributed by atoms with Gasteiger partial charge in [0, 0.05) is 24.6 Å². The van der Waals surface area contributed by atoms with Crippen LogP contribution in [0.1, 0.15) is 27.2 Å². The molecule has 0 spiro atoms. The number of nitrogens with zero attached hydrogens (tertiary/aromatic N) is 4. The molecule has 0 saturated heterocycles. The minimum absolute atomic E-state index is 0.0425. The van der Waals surface area contributed by atoms with Crippen molar-refractivity contribution >= 4 is 29.3 Å². The largest absolute Gasteiger partial charge is 0.354 e. The van der Waals surface area contributed by atoms with Gasteiger partial charge in [-0.15, -0.1) is 11.8 Å². The third-order valence-electron chi connectivity index (χ3n) is 4.14. The highest BCUT2D eigenvalue weighted by Crippen LogP contribution is 2.37. The number of aromatic nitrogens is 2. The summed E-state index contributed by atoms with van der Waals surface area (Å²) in [4.78, 5) is 20.0. The first-order valence-corrected chi connectivity index (χ1v) is 9.94. The molecule has 0 aliphatic heterocycles. The molecule has 0 aliphatic rings. The van der Waals surface area contributed by atoms with Crippen LogP contribution in [0.3, 0.4) is 0 Å². The van der Waals surface area contributed by atoms with Gasteiger partial charge < -0.3 is 5.32 Å². The van der Waals surface area contributed by atoms with Crippen LogP contribution in [-0.2, 0) is 5.75 Å². The monoisotopic (exact) mass is 437 g/mol. The summed E-state index contributed by atoms with van der Waals surface area (Å²) in [5.74, 6) is -0.355. The van der Waals surface area contributed by atoms with Crippen LogP contribution < -0.4 is 5.32 Å². The second-order valence-corrected chi connectivity index (χ2v) is 7.30. The van der Waals surface area contributed by atoms with Gasteiger partial charge in [0.05, 0.1) is 11.1 Å². The number of benzene rings is 1. The summed E-state index contributed by atoms with van der Waals surface area (Å²) < 4.78 is 13.3. The summed E-state index contributed by atoms with van der Waals surface area (Å²) in [6, 6.07) is 12.9. The number of carbonyl (C=O) groups excluding carboxylic acids is 1. The van der Waals surface area contributed by atoms with Gasteiger partial charge in [0.1, 0.15) is 33.8 Å². The van der Waals surface area contributed by atoms with Crippen LogP contribution in [-0.4, -0.2) is 22.9 Å². The Morgan fingerprint density at radius 3 is 2.53 bits per heavy atom. The Morgan fingerprint density at radius 2 is 1.90 bits per heavy atom.